The quantitative estimate of drug-likeness (QED) is 0.828. The topological polar surface area (TPSA) is 73.1 Å². The lowest BCUT2D eigenvalue weighted by molar-refractivity contribution is 0.0728. The summed E-state index contributed by atoms with van der Waals surface area (Å²) in [5.74, 6) is 0.745. The Morgan fingerprint density at radius 1 is 1.38 bits per heavy atom. The molecule has 0 spiro atoms. The van der Waals surface area contributed by atoms with Crippen LogP contribution in [-0.2, 0) is 31.4 Å². The van der Waals surface area contributed by atoms with Gasteiger partial charge in [0.25, 0.3) is 5.91 Å². The highest BCUT2D eigenvalue weighted by atomic mass is 16.5. The summed E-state index contributed by atoms with van der Waals surface area (Å²) in [6, 6.07) is 1.70. The molecule has 1 saturated carbocycles. The van der Waals surface area contributed by atoms with Gasteiger partial charge >= 0.3 is 0 Å². The van der Waals surface area contributed by atoms with Crippen molar-refractivity contribution in [3.8, 4) is 0 Å². The number of carbonyl (C=O) groups is 1. The van der Waals surface area contributed by atoms with Crippen LogP contribution in [0.2, 0.25) is 0 Å². The van der Waals surface area contributed by atoms with Crippen molar-refractivity contribution in [2.75, 3.05) is 13.2 Å². The third-order valence-corrected chi connectivity index (χ3v) is 4.74. The SMILES string of the molecule is Cn1nc(COCC2CC2)c2c1CN(C(=O)c1ccnnc1)CC2. The summed E-state index contributed by atoms with van der Waals surface area (Å²) in [6.45, 7) is 2.67. The predicted octanol–water partition coefficient (Wildman–Crippen LogP) is 1.34. The maximum atomic E-state index is 12.6. The molecule has 1 fully saturated rings. The molecule has 0 unspecified atom stereocenters. The minimum Gasteiger partial charge on any atom is -0.375 e. The van der Waals surface area contributed by atoms with Crippen LogP contribution >= 0.6 is 0 Å². The van der Waals surface area contributed by atoms with E-state index in [1.165, 1.54) is 24.6 Å². The molecule has 1 amide bonds. The van der Waals surface area contributed by atoms with Gasteiger partial charge in [-0.05, 0) is 31.2 Å². The van der Waals surface area contributed by atoms with Crippen LogP contribution in [0.25, 0.3) is 0 Å². The number of hydrogen-bond acceptors (Lipinski definition) is 5. The van der Waals surface area contributed by atoms with Crippen LogP contribution in [-0.4, -0.2) is 43.9 Å². The van der Waals surface area contributed by atoms with E-state index in [0.29, 0.717) is 25.3 Å². The average Bonchev–Trinajstić information content (AvgIpc) is 3.39. The maximum absolute atomic E-state index is 12.6. The molecule has 2 aromatic rings. The van der Waals surface area contributed by atoms with Crippen molar-refractivity contribution >= 4 is 5.91 Å². The summed E-state index contributed by atoms with van der Waals surface area (Å²) in [5, 5.41) is 12.1. The Balaban J connectivity index is 1.46. The summed E-state index contributed by atoms with van der Waals surface area (Å²) >= 11 is 0. The number of aromatic nitrogens is 4. The molecule has 2 aromatic heterocycles. The lowest BCUT2D eigenvalue weighted by atomic mass is 10.0. The van der Waals surface area contributed by atoms with Gasteiger partial charge in [-0.3, -0.25) is 9.48 Å². The number of amides is 1. The number of fused-ring (bicyclic) bond motifs is 1. The van der Waals surface area contributed by atoms with E-state index in [4.69, 9.17) is 4.74 Å². The summed E-state index contributed by atoms with van der Waals surface area (Å²) in [4.78, 5) is 14.4. The van der Waals surface area contributed by atoms with Crippen LogP contribution in [0.3, 0.4) is 0 Å². The monoisotopic (exact) mass is 327 g/mol. The molecule has 0 aromatic carbocycles. The first kappa shape index (κ1) is 15.3. The van der Waals surface area contributed by atoms with E-state index in [2.05, 4.69) is 15.3 Å². The first-order chi connectivity index (χ1) is 11.7. The lowest BCUT2D eigenvalue weighted by Gasteiger charge is -2.27. The van der Waals surface area contributed by atoms with Crippen molar-refractivity contribution in [1.29, 1.82) is 0 Å². The molecule has 0 bridgehead atoms. The molecule has 24 heavy (non-hydrogen) atoms. The first-order valence-corrected chi connectivity index (χ1v) is 8.39. The van der Waals surface area contributed by atoms with Crippen molar-refractivity contribution in [3.63, 3.8) is 0 Å². The van der Waals surface area contributed by atoms with Gasteiger partial charge in [-0.25, -0.2) is 0 Å². The van der Waals surface area contributed by atoms with E-state index >= 15 is 0 Å². The molecule has 126 valence electrons. The van der Waals surface area contributed by atoms with Crippen molar-refractivity contribution in [2.24, 2.45) is 13.0 Å². The normalized spacial score (nSPS) is 17.0. The molecule has 1 aliphatic heterocycles. The van der Waals surface area contributed by atoms with Gasteiger partial charge in [0.2, 0.25) is 0 Å². The highest BCUT2D eigenvalue weighted by molar-refractivity contribution is 5.93. The van der Waals surface area contributed by atoms with Gasteiger partial charge in [-0.1, -0.05) is 0 Å². The van der Waals surface area contributed by atoms with E-state index in [1.54, 1.807) is 12.3 Å². The molecule has 7 heteroatoms. The zero-order valence-corrected chi connectivity index (χ0v) is 13.8. The van der Waals surface area contributed by atoms with Gasteiger partial charge < -0.3 is 9.64 Å². The average molecular weight is 327 g/mol. The van der Waals surface area contributed by atoms with Crippen LogP contribution < -0.4 is 0 Å². The van der Waals surface area contributed by atoms with Crippen LogP contribution in [0, 0.1) is 5.92 Å². The summed E-state index contributed by atoms with van der Waals surface area (Å²) in [6.07, 6.45) is 6.46. The number of rotatable bonds is 5. The number of carbonyl (C=O) groups excluding carboxylic acids is 1. The highest BCUT2D eigenvalue weighted by Gasteiger charge is 2.28. The van der Waals surface area contributed by atoms with Crippen molar-refractivity contribution in [3.05, 3.63) is 41.0 Å². The van der Waals surface area contributed by atoms with Crippen molar-refractivity contribution < 1.29 is 9.53 Å². The molecule has 7 nitrogen and oxygen atoms in total. The Morgan fingerprint density at radius 3 is 3.00 bits per heavy atom. The second kappa shape index (κ2) is 6.32. The first-order valence-electron chi connectivity index (χ1n) is 8.39. The third-order valence-electron chi connectivity index (χ3n) is 4.74. The van der Waals surface area contributed by atoms with Crippen molar-refractivity contribution in [1.82, 2.24) is 24.9 Å². The van der Waals surface area contributed by atoms with E-state index < -0.39 is 0 Å². The molecule has 0 N–H and O–H groups in total. The minimum absolute atomic E-state index is 0.0108. The molecule has 0 atom stereocenters. The molecule has 0 saturated heterocycles. The Labute approximate surface area is 140 Å². The summed E-state index contributed by atoms with van der Waals surface area (Å²) < 4.78 is 7.68. The van der Waals surface area contributed by atoms with E-state index in [1.807, 2.05) is 16.6 Å². The molecular formula is C17H21N5O2. The Hall–Kier alpha value is -2.28. The fraction of sp³-hybridized carbons (Fsp3) is 0.529. The second-order valence-electron chi connectivity index (χ2n) is 6.56. The maximum Gasteiger partial charge on any atom is 0.255 e. The van der Waals surface area contributed by atoms with Gasteiger partial charge in [0, 0.05) is 25.8 Å². The molecule has 4 rings (SSSR count). The third kappa shape index (κ3) is 3.03. The van der Waals surface area contributed by atoms with Crippen LogP contribution in [0.4, 0.5) is 0 Å². The molecule has 0 radical (unpaired) electrons. The van der Waals surface area contributed by atoms with Crippen LogP contribution in [0.15, 0.2) is 18.5 Å². The number of hydrogen-bond donors (Lipinski definition) is 0. The molecule has 1 aliphatic carbocycles. The minimum atomic E-state index is -0.0108. The number of ether oxygens (including phenoxy) is 1. The van der Waals surface area contributed by atoms with Gasteiger partial charge in [-0.15, -0.1) is 0 Å². The van der Waals surface area contributed by atoms with Gasteiger partial charge in [0.05, 0.1) is 42.5 Å². The van der Waals surface area contributed by atoms with E-state index in [-0.39, 0.29) is 5.91 Å². The fourth-order valence-corrected chi connectivity index (χ4v) is 3.15. The zero-order chi connectivity index (χ0) is 16.5. The van der Waals surface area contributed by atoms with E-state index in [9.17, 15) is 4.79 Å². The largest absolute Gasteiger partial charge is 0.375 e. The van der Waals surface area contributed by atoms with Gasteiger partial charge in [-0.2, -0.15) is 15.3 Å². The fourth-order valence-electron chi connectivity index (χ4n) is 3.15. The van der Waals surface area contributed by atoms with Gasteiger partial charge in [0.1, 0.15) is 0 Å². The lowest BCUT2D eigenvalue weighted by Crippen LogP contribution is -2.36. The molecule has 3 heterocycles. The van der Waals surface area contributed by atoms with Gasteiger partial charge in [0.15, 0.2) is 0 Å². The molecule has 2 aliphatic rings. The summed E-state index contributed by atoms with van der Waals surface area (Å²) in [7, 11) is 1.94. The predicted molar refractivity (Wildman–Crippen MR) is 86.1 cm³/mol. The van der Waals surface area contributed by atoms with Crippen molar-refractivity contribution in [2.45, 2.75) is 32.4 Å². The Kier molecular flexibility index (Phi) is 4.02. The van der Waals surface area contributed by atoms with Crippen LogP contribution in [0.1, 0.15) is 40.2 Å². The Bertz CT molecular complexity index is 739. The summed E-state index contributed by atoms with van der Waals surface area (Å²) in [5.41, 5.74) is 3.93. The van der Waals surface area contributed by atoms with Crippen LogP contribution in [0.5, 0.6) is 0 Å². The number of nitrogens with zero attached hydrogens (tertiary/aromatic N) is 5. The highest BCUT2D eigenvalue weighted by Crippen LogP contribution is 2.29. The Morgan fingerprint density at radius 2 is 2.25 bits per heavy atom. The zero-order valence-electron chi connectivity index (χ0n) is 13.8. The second-order valence-corrected chi connectivity index (χ2v) is 6.56. The standard InChI is InChI=1S/C17H21N5O2/c1-21-16-9-22(17(23)13-4-6-18-19-8-13)7-5-14(16)15(20-21)11-24-10-12-2-3-12/h4,6,8,12H,2-3,5,7,9-11H2,1H3. The number of aryl methyl sites for hydroxylation is 1. The van der Waals surface area contributed by atoms with E-state index in [0.717, 1.165) is 30.3 Å². The molecular weight excluding hydrogens is 306 g/mol. The smallest absolute Gasteiger partial charge is 0.255 e.